The van der Waals surface area contributed by atoms with Gasteiger partial charge in [0.1, 0.15) is 44.7 Å². The standard InChI is InChI=1S/C116H66O4/c1-2-20-67(21-3-1)68-48-52-74(53-49-68)108-89-36-16-32-85(101-63-77-24-6-9-27-81(77)111-93-28-10-12-42-103(93)117-115(101)111)99(89)66-100-86(33-17-37-90(100)108)102-64-78-62-76(56-59-82(78)112-94-29-11-13-43-104(94)118-116(102)112)71-46-44-69(45-47-71)70-50-54-75(55-51-70)107-87-34-14-30-83(91-38-18-40-95-109-79-25-7-4-22-72(79)57-60-105(109)119-113(91)95)97(87)65-98-84(31-15-35-88(98)107)92-39-19-41-96-110-80-26-8-5-23-73(80)58-61-106(110)120-114(92)96/h1-66H. The van der Waals surface area contributed by atoms with Crippen molar-refractivity contribution >= 4 is 174 Å². The van der Waals surface area contributed by atoms with Crippen LogP contribution in [0.2, 0.25) is 0 Å². The summed E-state index contributed by atoms with van der Waals surface area (Å²) in [5.74, 6) is 0. The van der Waals surface area contributed by atoms with Gasteiger partial charge in [0.15, 0.2) is 0 Å². The first-order valence-electron chi connectivity index (χ1n) is 41.2. The number of para-hydroxylation sites is 4. The lowest BCUT2D eigenvalue weighted by molar-refractivity contribution is 0.670. The molecule has 0 N–H and O–H groups in total. The van der Waals surface area contributed by atoms with E-state index in [1.54, 1.807) is 0 Å². The Morgan fingerprint density at radius 3 is 0.883 bits per heavy atom. The Morgan fingerprint density at radius 1 is 0.125 bits per heavy atom. The Balaban J connectivity index is 0.613. The van der Waals surface area contributed by atoms with Crippen LogP contribution in [0.5, 0.6) is 0 Å². The highest BCUT2D eigenvalue weighted by Crippen LogP contribution is 2.53. The van der Waals surface area contributed by atoms with Crippen LogP contribution in [0.3, 0.4) is 0 Å². The van der Waals surface area contributed by atoms with Gasteiger partial charge in [0.25, 0.3) is 0 Å². The second-order valence-electron chi connectivity index (χ2n) is 32.2. The first-order chi connectivity index (χ1) is 59.5. The molecule has 0 saturated carbocycles. The second kappa shape index (κ2) is 25.8. The summed E-state index contributed by atoms with van der Waals surface area (Å²) < 4.78 is 28.2. The highest BCUT2D eigenvalue weighted by molar-refractivity contribution is 6.30. The van der Waals surface area contributed by atoms with Crippen molar-refractivity contribution in [3.05, 3.63) is 400 Å². The molecular formula is C116H66O4. The molecule has 4 nitrogen and oxygen atoms in total. The van der Waals surface area contributed by atoms with Crippen LogP contribution in [0.25, 0.3) is 274 Å². The monoisotopic (exact) mass is 1520 g/mol. The lowest BCUT2D eigenvalue weighted by Crippen LogP contribution is -1.92. The fourth-order valence-corrected chi connectivity index (χ4v) is 20.4. The summed E-state index contributed by atoms with van der Waals surface area (Å²) in [7, 11) is 0. The summed E-state index contributed by atoms with van der Waals surface area (Å²) in [6, 6.07) is 147. The van der Waals surface area contributed by atoms with Crippen LogP contribution >= 0.6 is 0 Å². The van der Waals surface area contributed by atoms with Gasteiger partial charge in [-0.15, -0.1) is 0 Å². The fraction of sp³-hybridized carbons (Fsp3) is 0. The van der Waals surface area contributed by atoms with Crippen LogP contribution in [0, 0.1) is 0 Å². The third-order valence-corrected chi connectivity index (χ3v) is 25.9. The van der Waals surface area contributed by atoms with Crippen molar-refractivity contribution in [1.82, 2.24) is 0 Å². The molecule has 4 heteroatoms. The Morgan fingerprint density at radius 2 is 0.433 bits per heavy atom. The number of hydrogen-bond acceptors (Lipinski definition) is 4. The molecule has 0 radical (unpaired) electrons. The van der Waals surface area contributed by atoms with Gasteiger partial charge in [-0.25, -0.2) is 0 Å². The Bertz CT molecular complexity index is 8670. The molecule has 26 aromatic rings. The Hall–Kier alpha value is -15.9. The van der Waals surface area contributed by atoms with Gasteiger partial charge in [-0.1, -0.05) is 346 Å². The fourth-order valence-electron chi connectivity index (χ4n) is 20.4. The molecule has 0 amide bonds. The van der Waals surface area contributed by atoms with Crippen molar-refractivity contribution in [2.24, 2.45) is 0 Å². The maximum atomic E-state index is 7.19. The number of rotatable bonds is 9. The molecule has 0 saturated heterocycles. The minimum absolute atomic E-state index is 0.852. The molecule has 0 spiro atoms. The van der Waals surface area contributed by atoms with Gasteiger partial charge in [0, 0.05) is 65.3 Å². The molecule has 22 aromatic carbocycles. The molecule has 0 aliphatic carbocycles. The molecule has 0 aliphatic rings. The van der Waals surface area contributed by atoms with Crippen molar-refractivity contribution < 1.29 is 17.7 Å². The Labute approximate surface area is 687 Å². The van der Waals surface area contributed by atoms with E-state index in [1.807, 2.05) is 0 Å². The van der Waals surface area contributed by atoms with Crippen molar-refractivity contribution in [1.29, 1.82) is 0 Å². The molecule has 0 aliphatic heterocycles. The maximum absolute atomic E-state index is 7.19. The molecule has 4 heterocycles. The molecule has 554 valence electrons. The van der Waals surface area contributed by atoms with Gasteiger partial charge >= 0.3 is 0 Å². The number of benzene rings is 22. The van der Waals surface area contributed by atoms with Gasteiger partial charge < -0.3 is 17.7 Å². The minimum Gasteiger partial charge on any atom is -0.455 e. The van der Waals surface area contributed by atoms with Crippen molar-refractivity contribution in [3.8, 4) is 100 Å². The lowest BCUT2D eigenvalue weighted by atomic mass is 9.85. The van der Waals surface area contributed by atoms with Crippen LogP contribution < -0.4 is 0 Å². The first kappa shape index (κ1) is 66.4. The predicted octanol–water partition coefficient (Wildman–Crippen LogP) is 33.5. The maximum Gasteiger partial charge on any atom is 0.143 e. The van der Waals surface area contributed by atoms with E-state index in [0.717, 1.165) is 225 Å². The zero-order chi connectivity index (χ0) is 78.4. The van der Waals surface area contributed by atoms with E-state index in [9.17, 15) is 0 Å². The molecule has 4 aromatic heterocycles. The summed E-state index contributed by atoms with van der Waals surface area (Å²) in [6.07, 6.45) is 0. The minimum atomic E-state index is 0.852. The van der Waals surface area contributed by atoms with E-state index in [1.165, 1.54) is 49.2 Å². The molecular weight excluding hydrogens is 1460 g/mol. The molecule has 0 unspecified atom stereocenters. The van der Waals surface area contributed by atoms with Crippen LogP contribution in [-0.4, -0.2) is 0 Å². The highest BCUT2D eigenvalue weighted by atomic mass is 16.3. The Kier molecular flexibility index (Phi) is 14.3. The molecule has 0 fully saturated rings. The zero-order valence-electron chi connectivity index (χ0n) is 64.7. The van der Waals surface area contributed by atoms with Gasteiger partial charge in [-0.3, -0.25) is 0 Å². The topological polar surface area (TPSA) is 52.6 Å². The summed E-state index contributed by atoms with van der Waals surface area (Å²) >= 11 is 0. The lowest BCUT2D eigenvalue weighted by Gasteiger charge is -2.18. The summed E-state index contributed by atoms with van der Waals surface area (Å²) in [5, 5.41) is 27.4. The molecule has 0 bridgehead atoms. The zero-order valence-corrected chi connectivity index (χ0v) is 64.7. The first-order valence-corrected chi connectivity index (χ1v) is 41.2. The smallest absolute Gasteiger partial charge is 0.143 e. The summed E-state index contributed by atoms with van der Waals surface area (Å²) in [5.41, 5.74) is 27.0. The average Bonchev–Trinajstić information content (AvgIpc) is 1.32. The van der Waals surface area contributed by atoms with E-state index >= 15 is 0 Å². The van der Waals surface area contributed by atoms with Crippen LogP contribution in [0.1, 0.15) is 0 Å². The van der Waals surface area contributed by atoms with E-state index in [0.29, 0.717) is 0 Å². The third-order valence-electron chi connectivity index (χ3n) is 25.9. The molecule has 120 heavy (non-hydrogen) atoms. The van der Waals surface area contributed by atoms with Gasteiger partial charge in [-0.05, 0) is 219 Å². The van der Waals surface area contributed by atoms with Crippen molar-refractivity contribution in [2.45, 2.75) is 0 Å². The van der Waals surface area contributed by atoms with E-state index in [2.05, 4.69) is 400 Å². The summed E-state index contributed by atoms with van der Waals surface area (Å²) in [4.78, 5) is 0. The predicted molar refractivity (Wildman–Crippen MR) is 505 cm³/mol. The van der Waals surface area contributed by atoms with Gasteiger partial charge in [-0.2, -0.15) is 0 Å². The van der Waals surface area contributed by atoms with E-state index in [-0.39, 0.29) is 0 Å². The van der Waals surface area contributed by atoms with Crippen LogP contribution in [-0.2, 0) is 0 Å². The largest absolute Gasteiger partial charge is 0.455 e. The normalized spacial score (nSPS) is 12.2. The van der Waals surface area contributed by atoms with E-state index in [4.69, 9.17) is 17.7 Å². The summed E-state index contributed by atoms with van der Waals surface area (Å²) in [6.45, 7) is 0. The van der Waals surface area contributed by atoms with Crippen molar-refractivity contribution in [2.75, 3.05) is 0 Å². The van der Waals surface area contributed by atoms with E-state index < -0.39 is 0 Å². The SMILES string of the molecule is c1ccc(-c2ccc(-c3c4cccc(-c5cc6ccccc6c6c5oc5ccccc56)c4cc4c(-c5cc6cc(-c7ccc(-c8ccc(-c9c%10cccc(-c%11cccc%12c%11oc%11ccc%13ccccc%13c%11%12)c%10cc%10c(-c%11cccc%12c%11oc%11ccc%13ccccc%13c%11%12)cccc9%10)cc8)cc7)ccc6c6c5oc5ccccc56)cccc34)cc2)cc1. The van der Waals surface area contributed by atoms with Crippen molar-refractivity contribution in [3.63, 3.8) is 0 Å². The quantitative estimate of drug-likeness (QED) is 0.135. The number of fused-ring (bicyclic) bond motifs is 24. The number of furan rings is 4. The molecule has 26 rings (SSSR count). The van der Waals surface area contributed by atoms with Gasteiger partial charge in [0.05, 0.1) is 0 Å². The highest BCUT2D eigenvalue weighted by Gasteiger charge is 2.27. The second-order valence-corrected chi connectivity index (χ2v) is 32.2. The number of hydrogen-bond donors (Lipinski definition) is 0. The third kappa shape index (κ3) is 9.94. The van der Waals surface area contributed by atoms with Crippen LogP contribution in [0.4, 0.5) is 0 Å². The molecule has 0 atom stereocenters. The van der Waals surface area contributed by atoms with Gasteiger partial charge in [0.2, 0.25) is 0 Å². The van der Waals surface area contributed by atoms with Crippen LogP contribution in [0.15, 0.2) is 418 Å². The average molecular weight is 1520 g/mol.